The highest BCUT2D eigenvalue weighted by Crippen LogP contribution is 2.38. The number of fused-ring (bicyclic) bond motifs is 1. The van der Waals surface area contributed by atoms with Crippen LogP contribution in [0, 0.1) is 10.1 Å². The number of non-ortho nitro benzene ring substituents is 1. The first-order chi connectivity index (χ1) is 16.1. The van der Waals surface area contributed by atoms with Crippen LogP contribution in [0.1, 0.15) is 44.1 Å². The first-order valence-electron chi connectivity index (χ1n) is 11.7. The Kier molecular flexibility index (Phi) is 6.09. The molecule has 4 aliphatic rings. The van der Waals surface area contributed by atoms with Gasteiger partial charge in [0.25, 0.3) is 11.6 Å². The molecule has 3 aliphatic heterocycles. The van der Waals surface area contributed by atoms with Crippen molar-refractivity contribution in [3.8, 4) is 0 Å². The third-order valence-electron chi connectivity index (χ3n) is 6.64. The SMILES string of the molecule is O=C1/C(=C/C2=C(N3CCOCC3)C(=C/c3cccc([N+](=O)[O-])c3)/CC2)N=C2CCCCCN12. The number of benzene rings is 1. The molecule has 33 heavy (non-hydrogen) atoms. The van der Waals surface area contributed by atoms with E-state index in [9.17, 15) is 14.9 Å². The second kappa shape index (κ2) is 9.31. The van der Waals surface area contributed by atoms with Crippen LogP contribution in [-0.4, -0.2) is 59.3 Å². The second-order valence-corrected chi connectivity index (χ2v) is 8.82. The molecule has 2 fully saturated rings. The van der Waals surface area contributed by atoms with E-state index in [0.29, 0.717) is 18.9 Å². The fraction of sp³-hybridized carbons (Fsp3) is 0.440. The summed E-state index contributed by atoms with van der Waals surface area (Å²) in [5.74, 6) is 0.916. The maximum Gasteiger partial charge on any atom is 0.277 e. The predicted octanol–water partition coefficient (Wildman–Crippen LogP) is 4.06. The topological polar surface area (TPSA) is 88.3 Å². The number of hydrogen-bond acceptors (Lipinski definition) is 6. The van der Waals surface area contributed by atoms with Gasteiger partial charge in [-0.3, -0.25) is 19.8 Å². The van der Waals surface area contributed by atoms with Gasteiger partial charge in [-0.2, -0.15) is 0 Å². The molecule has 0 spiro atoms. The van der Waals surface area contributed by atoms with Crippen LogP contribution in [0.15, 0.2) is 57.9 Å². The number of carbonyl (C=O) groups is 1. The summed E-state index contributed by atoms with van der Waals surface area (Å²) in [5.41, 5.74) is 4.79. The van der Waals surface area contributed by atoms with Crippen molar-refractivity contribution in [2.24, 2.45) is 4.99 Å². The van der Waals surface area contributed by atoms with E-state index in [2.05, 4.69) is 4.90 Å². The van der Waals surface area contributed by atoms with Crippen LogP contribution in [0.3, 0.4) is 0 Å². The summed E-state index contributed by atoms with van der Waals surface area (Å²) in [6.07, 6.45) is 9.75. The fourth-order valence-corrected chi connectivity index (χ4v) is 5.03. The van der Waals surface area contributed by atoms with Crippen molar-refractivity contribution in [3.05, 3.63) is 68.6 Å². The molecule has 3 heterocycles. The minimum atomic E-state index is -0.368. The van der Waals surface area contributed by atoms with Gasteiger partial charge < -0.3 is 9.64 Å². The quantitative estimate of drug-likeness (QED) is 0.394. The molecule has 0 radical (unpaired) electrons. The predicted molar refractivity (Wildman–Crippen MR) is 125 cm³/mol. The maximum absolute atomic E-state index is 13.0. The molecule has 0 atom stereocenters. The zero-order valence-corrected chi connectivity index (χ0v) is 18.7. The van der Waals surface area contributed by atoms with Crippen LogP contribution in [0.25, 0.3) is 6.08 Å². The van der Waals surface area contributed by atoms with E-state index in [1.807, 2.05) is 23.1 Å². The minimum absolute atomic E-state index is 0.0110. The highest BCUT2D eigenvalue weighted by molar-refractivity contribution is 6.12. The van der Waals surface area contributed by atoms with Crippen LogP contribution >= 0.6 is 0 Å². The van der Waals surface area contributed by atoms with Gasteiger partial charge in [0.2, 0.25) is 0 Å². The lowest BCUT2D eigenvalue weighted by molar-refractivity contribution is -0.384. The Bertz CT molecular complexity index is 1100. The number of aliphatic imine (C=N–C) groups is 1. The molecule has 0 bridgehead atoms. The first-order valence-corrected chi connectivity index (χ1v) is 11.7. The number of morpholine rings is 1. The van der Waals surface area contributed by atoms with Crippen molar-refractivity contribution in [2.45, 2.75) is 38.5 Å². The number of nitrogens with zero attached hydrogens (tertiary/aromatic N) is 4. The van der Waals surface area contributed by atoms with Gasteiger partial charge in [-0.25, -0.2) is 4.99 Å². The van der Waals surface area contributed by atoms with Crippen LogP contribution in [0.2, 0.25) is 0 Å². The number of hydrogen-bond donors (Lipinski definition) is 0. The molecular weight excluding hydrogens is 420 g/mol. The molecule has 2 saturated heterocycles. The normalized spacial score (nSPS) is 23.9. The molecule has 0 N–H and O–H groups in total. The molecular formula is C25H28N4O4. The molecule has 0 aromatic heterocycles. The van der Waals surface area contributed by atoms with Crippen molar-refractivity contribution in [2.75, 3.05) is 32.8 Å². The lowest BCUT2D eigenvalue weighted by Crippen LogP contribution is -2.36. The number of ether oxygens (including phenoxy) is 1. The summed E-state index contributed by atoms with van der Waals surface area (Å²) in [6.45, 7) is 3.63. The highest BCUT2D eigenvalue weighted by atomic mass is 16.6. The lowest BCUT2D eigenvalue weighted by atomic mass is 10.1. The van der Waals surface area contributed by atoms with Gasteiger partial charge in [0.1, 0.15) is 11.5 Å². The average molecular weight is 449 g/mol. The summed E-state index contributed by atoms with van der Waals surface area (Å²) in [4.78, 5) is 32.8. The summed E-state index contributed by atoms with van der Waals surface area (Å²) in [7, 11) is 0. The van der Waals surface area contributed by atoms with Crippen LogP contribution in [-0.2, 0) is 9.53 Å². The summed E-state index contributed by atoms with van der Waals surface area (Å²) >= 11 is 0. The summed E-state index contributed by atoms with van der Waals surface area (Å²) < 4.78 is 5.56. The number of nitro benzene ring substituents is 1. The first kappa shape index (κ1) is 21.6. The van der Waals surface area contributed by atoms with Gasteiger partial charge in [0.15, 0.2) is 0 Å². The van der Waals surface area contributed by atoms with E-state index >= 15 is 0 Å². The Morgan fingerprint density at radius 2 is 1.88 bits per heavy atom. The summed E-state index contributed by atoms with van der Waals surface area (Å²) in [5, 5.41) is 11.2. The zero-order chi connectivity index (χ0) is 22.8. The number of amides is 1. The van der Waals surface area contributed by atoms with Crippen LogP contribution < -0.4 is 0 Å². The molecule has 172 valence electrons. The van der Waals surface area contributed by atoms with Gasteiger partial charge in [-0.05, 0) is 54.5 Å². The molecule has 8 nitrogen and oxygen atoms in total. The standard InChI is InChI=1S/C25H28N4O4/c30-25-22(26-23-7-2-1-3-10-28(23)25)17-20-9-8-19(24(20)27-11-13-33-14-12-27)15-18-5-4-6-21(16-18)29(31)32/h4-6,15-17H,1-3,7-14H2/b19-15+,22-17-. The second-order valence-electron chi connectivity index (χ2n) is 8.82. The number of rotatable bonds is 4. The van der Waals surface area contributed by atoms with Crippen molar-refractivity contribution >= 4 is 23.5 Å². The van der Waals surface area contributed by atoms with Crippen molar-refractivity contribution in [3.63, 3.8) is 0 Å². The van der Waals surface area contributed by atoms with Gasteiger partial charge in [0.05, 0.1) is 18.1 Å². The molecule has 1 amide bonds. The molecule has 0 unspecified atom stereocenters. The van der Waals surface area contributed by atoms with E-state index < -0.39 is 0 Å². The Balaban J connectivity index is 1.52. The van der Waals surface area contributed by atoms with Gasteiger partial charge in [-0.15, -0.1) is 0 Å². The van der Waals surface area contributed by atoms with E-state index in [1.54, 1.807) is 12.1 Å². The van der Waals surface area contributed by atoms with Gasteiger partial charge in [0, 0.05) is 43.9 Å². The molecule has 1 aromatic rings. The Hall–Kier alpha value is -3.26. The molecule has 5 rings (SSSR count). The third-order valence-corrected chi connectivity index (χ3v) is 6.64. The summed E-state index contributed by atoms with van der Waals surface area (Å²) in [6, 6.07) is 6.72. The van der Waals surface area contributed by atoms with Crippen LogP contribution in [0.4, 0.5) is 5.69 Å². The van der Waals surface area contributed by atoms with Gasteiger partial charge >= 0.3 is 0 Å². The largest absolute Gasteiger partial charge is 0.378 e. The van der Waals surface area contributed by atoms with E-state index in [1.165, 1.54) is 6.07 Å². The Morgan fingerprint density at radius 3 is 2.70 bits per heavy atom. The molecule has 1 aromatic carbocycles. The zero-order valence-electron chi connectivity index (χ0n) is 18.7. The lowest BCUT2D eigenvalue weighted by Gasteiger charge is -2.31. The monoisotopic (exact) mass is 448 g/mol. The number of allylic oxidation sites excluding steroid dienone is 3. The average Bonchev–Trinajstić information content (AvgIpc) is 3.24. The van der Waals surface area contributed by atoms with E-state index in [0.717, 1.165) is 86.4 Å². The molecule has 8 heteroatoms. The van der Waals surface area contributed by atoms with Gasteiger partial charge in [-0.1, -0.05) is 18.6 Å². The van der Waals surface area contributed by atoms with Crippen molar-refractivity contribution < 1.29 is 14.5 Å². The van der Waals surface area contributed by atoms with E-state index in [4.69, 9.17) is 9.73 Å². The third kappa shape index (κ3) is 4.48. The Morgan fingerprint density at radius 1 is 1.03 bits per heavy atom. The molecule has 1 aliphatic carbocycles. The number of amidine groups is 1. The Labute approximate surface area is 193 Å². The van der Waals surface area contributed by atoms with Crippen molar-refractivity contribution in [1.29, 1.82) is 0 Å². The highest BCUT2D eigenvalue weighted by Gasteiger charge is 2.32. The minimum Gasteiger partial charge on any atom is -0.378 e. The number of nitro groups is 1. The maximum atomic E-state index is 13.0. The smallest absolute Gasteiger partial charge is 0.277 e. The van der Waals surface area contributed by atoms with E-state index in [-0.39, 0.29) is 16.5 Å². The van der Waals surface area contributed by atoms with Crippen LogP contribution in [0.5, 0.6) is 0 Å². The number of carbonyl (C=O) groups excluding carboxylic acids is 1. The van der Waals surface area contributed by atoms with Crippen molar-refractivity contribution in [1.82, 2.24) is 9.80 Å². The fourth-order valence-electron chi connectivity index (χ4n) is 5.03. The molecule has 0 saturated carbocycles.